The number of carbonyl (C=O) groups is 1. The van der Waals surface area contributed by atoms with Gasteiger partial charge in [-0.05, 0) is 110 Å². The molecule has 0 unspecified atom stereocenters. The molecule has 0 aromatic rings. The van der Waals surface area contributed by atoms with Crippen molar-refractivity contribution in [3.63, 3.8) is 0 Å². The first kappa shape index (κ1) is 24.9. The van der Waals surface area contributed by atoms with E-state index in [-0.39, 0.29) is 17.5 Å². The average Bonchev–Trinajstić information content (AvgIpc) is 3.08. The SMILES string of the molecule is CC(=O)O[C@H]1CC[C@@]2(C)[C@H](CC[C@]3(C)[C@@H]2CC[C@@H]2[C@@]4(C)CCC(C(C)C)=C4CC[C@]23C)C1(C)C. The number of fused-ring (bicyclic) bond motifs is 7. The normalized spacial score (nSPS) is 49.7. The van der Waals surface area contributed by atoms with Crippen molar-refractivity contribution < 1.29 is 9.53 Å². The average molecular weight is 469 g/mol. The molecule has 0 N–H and O–H groups in total. The first-order valence-electron chi connectivity index (χ1n) is 14.6. The Balaban J connectivity index is 1.50. The first-order chi connectivity index (χ1) is 15.7. The van der Waals surface area contributed by atoms with E-state index in [0.717, 1.165) is 24.2 Å². The van der Waals surface area contributed by atoms with Gasteiger partial charge in [-0.15, -0.1) is 0 Å². The predicted molar refractivity (Wildman–Crippen MR) is 140 cm³/mol. The van der Waals surface area contributed by atoms with Gasteiger partial charge in [-0.25, -0.2) is 0 Å². The van der Waals surface area contributed by atoms with Crippen LogP contribution in [-0.2, 0) is 9.53 Å². The molecule has 0 radical (unpaired) electrons. The van der Waals surface area contributed by atoms with E-state index < -0.39 is 0 Å². The van der Waals surface area contributed by atoms with Crippen LogP contribution in [0.5, 0.6) is 0 Å². The van der Waals surface area contributed by atoms with Crippen LogP contribution in [0.1, 0.15) is 127 Å². The monoisotopic (exact) mass is 468 g/mol. The maximum absolute atomic E-state index is 11.9. The molecular formula is C32H52O2. The van der Waals surface area contributed by atoms with Crippen LogP contribution in [0.4, 0.5) is 0 Å². The van der Waals surface area contributed by atoms with Gasteiger partial charge in [-0.2, -0.15) is 0 Å². The third kappa shape index (κ3) is 3.01. The van der Waals surface area contributed by atoms with Crippen LogP contribution in [0.15, 0.2) is 11.1 Å². The lowest BCUT2D eigenvalue weighted by Gasteiger charge is -2.73. The molecule has 0 spiro atoms. The summed E-state index contributed by atoms with van der Waals surface area (Å²) in [5.74, 6) is 2.89. The van der Waals surface area contributed by atoms with E-state index in [2.05, 4.69) is 55.4 Å². The number of carbonyl (C=O) groups excluding carboxylic acids is 1. The molecule has 2 heteroatoms. The van der Waals surface area contributed by atoms with Gasteiger partial charge in [0.25, 0.3) is 0 Å². The highest BCUT2D eigenvalue weighted by molar-refractivity contribution is 5.66. The minimum atomic E-state index is -0.105. The molecule has 0 saturated heterocycles. The molecule has 192 valence electrons. The molecule has 5 aliphatic rings. The summed E-state index contributed by atoms with van der Waals surface area (Å²) in [6, 6.07) is 0. The molecule has 0 bridgehead atoms. The maximum Gasteiger partial charge on any atom is 0.302 e. The largest absolute Gasteiger partial charge is 0.462 e. The van der Waals surface area contributed by atoms with Gasteiger partial charge in [0.15, 0.2) is 0 Å². The van der Waals surface area contributed by atoms with Crippen LogP contribution in [0, 0.1) is 50.7 Å². The summed E-state index contributed by atoms with van der Waals surface area (Å²) in [7, 11) is 0. The molecule has 34 heavy (non-hydrogen) atoms. The predicted octanol–water partition coefficient (Wildman–Crippen LogP) is 8.74. The van der Waals surface area contributed by atoms with Crippen LogP contribution < -0.4 is 0 Å². The van der Waals surface area contributed by atoms with Crippen molar-refractivity contribution in [1.82, 2.24) is 0 Å². The fourth-order valence-electron chi connectivity index (χ4n) is 11.7. The lowest BCUT2D eigenvalue weighted by molar-refractivity contribution is -0.242. The van der Waals surface area contributed by atoms with Gasteiger partial charge >= 0.3 is 5.97 Å². The molecule has 0 amide bonds. The van der Waals surface area contributed by atoms with Crippen molar-refractivity contribution in [1.29, 1.82) is 0 Å². The number of esters is 1. The molecule has 8 atom stereocenters. The molecule has 5 rings (SSSR count). The number of hydrogen-bond donors (Lipinski definition) is 0. The van der Waals surface area contributed by atoms with E-state index in [4.69, 9.17) is 4.74 Å². The number of allylic oxidation sites excluding steroid dienone is 2. The summed E-state index contributed by atoms with van der Waals surface area (Å²) in [5, 5.41) is 0. The summed E-state index contributed by atoms with van der Waals surface area (Å²) < 4.78 is 5.91. The maximum atomic E-state index is 11.9. The van der Waals surface area contributed by atoms with Crippen LogP contribution >= 0.6 is 0 Å². The molecule has 0 aromatic heterocycles. The Bertz CT molecular complexity index is 897. The van der Waals surface area contributed by atoms with E-state index in [1.54, 1.807) is 6.92 Å². The van der Waals surface area contributed by atoms with Gasteiger partial charge in [0.1, 0.15) is 6.10 Å². The minimum Gasteiger partial charge on any atom is -0.462 e. The third-order valence-corrected chi connectivity index (χ3v) is 13.5. The molecule has 5 aliphatic carbocycles. The summed E-state index contributed by atoms with van der Waals surface area (Å²) in [5.41, 5.74) is 5.41. The summed E-state index contributed by atoms with van der Waals surface area (Å²) >= 11 is 0. The molecule has 0 aliphatic heterocycles. The Morgan fingerprint density at radius 1 is 0.794 bits per heavy atom. The van der Waals surface area contributed by atoms with Gasteiger partial charge in [-0.3, -0.25) is 4.79 Å². The number of hydrogen-bond acceptors (Lipinski definition) is 2. The van der Waals surface area contributed by atoms with Crippen LogP contribution in [0.25, 0.3) is 0 Å². The standard InChI is InChI=1S/C32H52O2/c1-20(2)22-12-16-29(6)23(22)13-18-31(8)25(29)10-11-26-30(7)17-15-27(34-21(3)33)28(4,5)24(30)14-19-32(26,31)9/h20,24-27H,10-19H2,1-9H3/t24-,25-,26-,27+,29+,30+,31-,32-/m1/s1. The van der Waals surface area contributed by atoms with Crippen molar-refractivity contribution >= 4 is 5.97 Å². The van der Waals surface area contributed by atoms with Crippen molar-refractivity contribution in [3.8, 4) is 0 Å². The second-order valence-electron chi connectivity index (χ2n) is 15.1. The fourth-order valence-corrected chi connectivity index (χ4v) is 11.7. The van der Waals surface area contributed by atoms with Gasteiger partial charge in [0.2, 0.25) is 0 Å². The van der Waals surface area contributed by atoms with Crippen LogP contribution in [0.2, 0.25) is 0 Å². The van der Waals surface area contributed by atoms with E-state index in [0.29, 0.717) is 27.6 Å². The third-order valence-electron chi connectivity index (χ3n) is 13.5. The Morgan fingerprint density at radius 2 is 1.44 bits per heavy atom. The molecule has 0 aromatic carbocycles. The molecule has 4 fully saturated rings. The lowest BCUT2D eigenvalue weighted by atomic mass is 9.32. The Kier molecular flexibility index (Phi) is 5.57. The van der Waals surface area contributed by atoms with Crippen molar-refractivity contribution in [2.75, 3.05) is 0 Å². The first-order valence-corrected chi connectivity index (χ1v) is 14.6. The van der Waals surface area contributed by atoms with E-state index in [1.165, 1.54) is 57.8 Å². The fraction of sp³-hybridized carbons (Fsp3) is 0.906. The molecule has 0 heterocycles. The summed E-state index contributed by atoms with van der Waals surface area (Å²) in [6.45, 7) is 22.0. The Labute approximate surface area is 210 Å². The van der Waals surface area contributed by atoms with Crippen LogP contribution in [0.3, 0.4) is 0 Å². The zero-order valence-electron chi connectivity index (χ0n) is 23.8. The van der Waals surface area contributed by atoms with E-state index in [1.807, 2.05) is 11.1 Å². The second kappa shape index (κ2) is 7.61. The topological polar surface area (TPSA) is 26.3 Å². The summed E-state index contributed by atoms with van der Waals surface area (Å²) in [4.78, 5) is 11.9. The molecular weight excluding hydrogens is 416 g/mol. The number of rotatable bonds is 2. The highest BCUT2D eigenvalue weighted by Crippen LogP contribution is 2.77. The van der Waals surface area contributed by atoms with Gasteiger partial charge < -0.3 is 4.74 Å². The zero-order valence-corrected chi connectivity index (χ0v) is 23.8. The quantitative estimate of drug-likeness (QED) is 0.299. The second-order valence-corrected chi connectivity index (χ2v) is 15.1. The smallest absolute Gasteiger partial charge is 0.302 e. The van der Waals surface area contributed by atoms with Crippen molar-refractivity contribution in [3.05, 3.63) is 11.1 Å². The zero-order chi connectivity index (χ0) is 24.9. The molecule has 2 nitrogen and oxygen atoms in total. The van der Waals surface area contributed by atoms with E-state index in [9.17, 15) is 4.79 Å². The van der Waals surface area contributed by atoms with Gasteiger partial charge in [-0.1, -0.05) is 66.5 Å². The Hall–Kier alpha value is -0.790. The van der Waals surface area contributed by atoms with Gasteiger partial charge in [0.05, 0.1) is 0 Å². The highest BCUT2D eigenvalue weighted by Gasteiger charge is 2.70. The minimum absolute atomic E-state index is 0.0593. The van der Waals surface area contributed by atoms with Crippen molar-refractivity contribution in [2.45, 2.75) is 133 Å². The highest BCUT2D eigenvalue weighted by atomic mass is 16.5. The van der Waals surface area contributed by atoms with Crippen molar-refractivity contribution in [2.24, 2.45) is 50.7 Å². The van der Waals surface area contributed by atoms with Crippen LogP contribution in [-0.4, -0.2) is 12.1 Å². The van der Waals surface area contributed by atoms with Gasteiger partial charge in [0, 0.05) is 12.3 Å². The lowest BCUT2D eigenvalue weighted by Crippen LogP contribution is -2.66. The molecule has 4 saturated carbocycles. The number of ether oxygens (including phenoxy) is 1. The van der Waals surface area contributed by atoms with E-state index >= 15 is 0 Å². The summed E-state index contributed by atoms with van der Waals surface area (Å²) in [6.07, 6.45) is 13.3. The Morgan fingerprint density at radius 3 is 2.09 bits per heavy atom.